The molecule has 0 bridgehead atoms. The Morgan fingerprint density at radius 3 is 2.42 bits per heavy atom. The molecule has 0 aliphatic heterocycles. The molecular weight excluding hydrogens is 240 g/mol. The van der Waals surface area contributed by atoms with Gasteiger partial charge in [-0.25, -0.2) is 4.79 Å². The lowest BCUT2D eigenvalue weighted by molar-refractivity contribution is 0.0988. The van der Waals surface area contributed by atoms with E-state index >= 15 is 0 Å². The van der Waals surface area contributed by atoms with Gasteiger partial charge in [0.1, 0.15) is 5.75 Å². The van der Waals surface area contributed by atoms with Crippen molar-refractivity contribution in [3.63, 3.8) is 0 Å². The first-order chi connectivity index (χ1) is 9.22. The molecule has 3 heteroatoms. The number of benzene rings is 1. The molecule has 1 aromatic rings. The number of aryl methyl sites for hydroxylation is 1. The maximum absolute atomic E-state index is 11.6. The molecule has 0 aliphatic carbocycles. The fraction of sp³-hybridized carbons (Fsp3) is 0.562. The van der Waals surface area contributed by atoms with Gasteiger partial charge in [0.25, 0.3) is 0 Å². The van der Waals surface area contributed by atoms with Gasteiger partial charge in [0, 0.05) is 0 Å². The molecule has 0 aromatic heterocycles. The third-order valence-corrected chi connectivity index (χ3v) is 2.87. The molecule has 106 valence electrons. The van der Waals surface area contributed by atoms with Gasteiger partial charge in [0.15, 0.2) is 0 Å². The number of carbonyl (C=O) groups is 1. The fourth-order valence-electron chi connectivity index (χ4n) is 2.05. The van der Waals surface area contributed by atoms with E-state index in [4.69, 9.17) is 9.47 Å². The van der Waals surface area contributed by atoms with Crippen LogP contribution in [0.3, 0.4) is 0 Å². The van der Waals surface area contributed by atoms with Gasteiger partial charge >= 0.3 is 6.16 Å². The minimum absolute atomic E-state index is 0.399. The monoisotopic (exact) mass is 264 g/mol. The molecule has 0 radical (unpaired) electrons. The standard InChI is InChI=1S/C16H24O3/c1-4-8-13-10-7-11-15(14(13)9-5-2)19-16(17)18-12-6-3/h7,10-11H,4-6,8-9,12H2,1-3H3. The van der Waals surface area contributed by atoms with Crippen molar-refractivity contribution in [2.24, 2.45) is 0 Å². The second-order valence-corrected chi connectivity index (χ2v) is 4.59. The van der Waals surface area contributed by atoms with Crippen LogP contribution >= 0.6 is 0 Å². The maximum atomic E-state index is 11.6. The molecular formula is C16H24O3. The van der Waals surface area contributed by atoms with E-state index in [0.29, 0.717) is 12.4 Å². The number of ether oxygens (including phenoxy) is 2. The molecule has 1 rings (SSSR count). The van der Waals surface area contributed by atoms with E-state index in [9.17, 15) is 4.79 Å². The van der Waals surface area contributed by atoms with Crippen molar-refractivity contribution in [3.05, 3.63) is 29.3 Å². The summed E-state index contributed by atoms with van der Waals surface area (Å²) in [5.41, 5.74) is 2.41. The van der Waals surface area contributed by atoms with Crippen LogP contribution < -0.4 is 4.74 Å². The van der Waals surface area contributed by atoms with Crippen molar-refractivity contribution in [2.75, 3.05) is 6.61 Å². The molecule has 3 nitrogen and oxygen atoms in total. The third-order valence-electron chi connectivity index (χ3n) is 2.87. The second-order valence-electron chi connectivity index (χ2n) is 4.59. The molecule has 0 spiro atoms. The quantitative estimate of drug-likeness (QED) is 0.536. The highest BCUT2D eigenvalue weighted by Gasteiger charge is 2.12. The van der Waals surface area contributed by atoms with Crippen LogP contribution in [-0.2, 0) is 17.6 Å². The first-order valence-electron chi connectivity index (χ1n) is 7.18. The van der Waals surface area contributed by atoms with E-state index in [1.807, 2.05) is 19.1 Å². The van der Waals surface area contributed by atoms with Crippen molar-refractivity contribution in [1.29, 1.82) is 0 Å². The predicted octanol–water partition coefficient (Wildman–Crippen LogP) is 4.52. The Morgan fingerprint density at radius 2 is 1.79 bits per heavy atom. The average molecular weight is 264 g/mol. The summed E-state index contributed by atoms with van der Waals surface area (Å²) in [5, 5.41) is 0. The lowest BCUT2D eigenvalue weighted by Crippen LogP contribution is -2.13. The summed E-state index contributed by atoms with van der Waals surface area (Å²) in [6.45, 7) is 6.63. The number of hydrogen-bond donors (Lipinski definition) is 0. The predicted molar refractivity (Wildman–Crippen MR) is 76.7 cm³/mol. The Balaban J connectivity index is 2.85. The van der Waals surface area contributed by atoms with Crippen LogP contribution in [0.2, 0.25) is 0 Å². The molecule has 0 heterocycles. The summed E-state index contributed by atoms with van der Waals surface area (Å²) >= 11 is 0. The first kappa shape index (κ1) is 15.5. The molecule has 0 saturated heterocycles. The molecule has 0 unspecified atom stereocenters. The first-order valence-corrected chi connectivity index (χ1v) is 7.18. The van der Waals surface area contributed by atoms with E-state index in [1.165, 1.54) is 5.56 Å². The van der Waals surface area contributed by atoms with Gasteiger partial charge in [-0.3, -0.25) is 0 Å². The van der Waals surface area contributed by atoms with Gasteiger partial charge < -0.3 is 9.47 Å². The van der Waals surface area contributed by atoms with Crippen molar-refractivity contribution < 1.29 is 14.3 Å². The molecule has 0 amide bonds. The van der Waals surface area contributed by atoms with Crippen LogP contribution in [0.5, 0.6) is 5.75 Å². The van der Waals surface area contributed by atoms with E-state index in [2.05, 4.69) is 19.9 Å². The summed E-state index contributed by atoms with van der Waals surface area (Å²) in [4.78, 5) is 11.6. The van der Waals surface area contributed by atoms with Gasteiger partial charge in [-0.15, -0.1) is 0 Å². The van der Waals surface area contributed by atoms with Crippen molar-refractivity contribution in [2.45, 2.75) is 52.9 Å². The van der Waals surface area contributed by atoms with E-state index in [0.717, 1.165) is 37.7 Å². The second kappa shape index (κ2) is 8.57. The average Bonchev–Trinajstić information content (AvgIpc) is 2.40. The zero-order valence-electron chi connectivity index (χ0n) is 12.2. The molecule has 19 heavy (non-hydrogen) atoms. The topological polar surface area (TPSA) is 35.5 Å². The lowest BCUT2D eigenvalue weighted by atomic mass is 9.99. The summed E-state index contributed by atoms with van der Waals surface area (Å²) in [5.74, 6) is 0.647. The van der Waals surface area contributed by atoms with Gasteiger partial charge in [-0.2, -0.15) is 0 Å². The minimum atomic E-state index is -0.604. The minimum Gasteiger partial charge on any atom is -0.434 e. The summed E-state index contributed by atoms with van der Waals surface area (Å²) < 4.78 is 10.3. The molecule has 0 fully saturated rings. The highest BCUT2D eigenvalue weighted by Crippen LogP contribution is 2.25. The summed E-state index contributed by atoms with van der Waals surface area (Å²) in [6.07, 6.45) is 4.24. The van der Waals surface area contributed by atoms with Crippen LogP contribution in [0.1, 0.15) is 51.2 Å². The summed E-state index contributed by atoms with van der Waals surface area (Å²) in [7, 11) is 0. The number of hydrogen-bond acceptors (Lipinski definition) is 3. The van der Waals surface area contributed by atoms with Crippen LogP contribution in [0.15, 0.2) is 18.2 Å². The normalized spacial score (nSPS) is 10.3. The molecule has 0 atom stereocenters. The van der Waals surface area contributed by atoms with E-state index in [-0.39, 0.29) is 0 Å². The zero-order valence-corrected chi connectivity index (χ0v) is 12.2. The highest BCUT2D eigenvalue weighted by molar-refractivity contribution is 5.65. The Bertz CT molecular complexity index is 399. The van der Waals surface area contributed by atoms with Crippen molar-refractivity contribution in [3.8, 4) is 5.75 Å². The van der Waals surface area contributed by atoms with Crippen molar-refractivity contribution in [1.82, 2.24) is 0 Å². The van der Waals surface area contributed by atoms with E-state index in [1.54, 1.807) is 0 Å². The fourth-order valence-corrected chi connectivity index (χ4v) is 2.05. The molecule has 0 saturated carbocycles. The molecule has 0 aliphatic rings. The Kier molecular flexibility index (Phi) is 7.01. The van der Waals surface area contributed by atoms with Gasteiger partial charge in [0.05, 0.1) is 6.61 Å². The van der Waals surface area contributed by atoms with Gasteiger partial charge in [0.2, 0.25) is 0 Å². The Labute approximate surface area is 115 Å². The zero-order chi connectivity index (χ0) is 14.1. The summed E-state index contributed by atoms with van der Waals surface area (Å²) in [6, 6.07) is 5.89. The van der Waals surface area contributed by atoms with Crippen LogP contribution in [-0.4, -0.2) is 12.8 Å². The highest BCUT2D eigenvalue weighted by atomic mass is 16.7. The van der Waals surface area contributed by atoms with Crippen LogP contribution in [0.25, 0.3) is 0 Å². The van der Waals surface area contributed by atoms with E-state index < -0.39 is 6.16 Å². The number of rotatable bonds is 7. The number of carbonyl (C=O) groups excluding carboxylic acids is 1. The Morgan fingerprint density at radius 1 is 1.05 bits per heavy atom. The molecule has 0 N–H and O–H groups in total. The van der Waals surface area contributed by atoms with Gasteiger partial charge in [-0.05, 0) is 36.5 Å². The SMILES string of the molecule is CCCOC(=O)Oc1cccc(CCC)c1CCC. The van der Waals surface area contributed by atoms with Crippen molar-refractivity contribution >= 4 is 6.16 Å². The smallest absolute Gasteiger partial charge is 0.434 e. The lowest BCUT2D eigenvalue weighted by Gasteiger charge is -2.13. The van der Waals surface area contributed by atoms with Crippen LogP contribution in [0, 0.1) is 0 Å². The maximum Gasteiger partial charge on any atom is 0.513 e. The third kappa shape index (κ3) is 4.93. The molecule has 1 aromatic carbocycles. The Hall–Kier alpha value is -1.51. The van der Waals surface area contributed by atoms with Gasteiger partial charge in [-0.1, -0.05) is 45.7 Å². The van der Waals surface area contributed by atoms with Crippen LogP contribution in [0.4, 0.5) is 4.79 Å². The largest absolute Gasteiger partial charge is 0.513 e.